The molecule has 0 bridgehead atoms. The second-order valence-corrected chi connectivity index (χ2v) is 7.50. The van der Waals surface area contributed by atoms with Crippen LogP contribution in [0.5, 0.6) is 5.75 Å². The molecule has 4 nitrogen and oxygen atoms in total. The lowest BCUT2D eigenvalue weighted by molar-refractivity contribution is -0.127. The molecule has 0 saturated carbocycles. The summed E-state index contributed by atoms with van der Waals surface area (Å²) in [5, 5.41) is 0.788. The Morgan fingerprint density at radius 1 is 1.15 bits per heavy atom. The van der Waals surface area contributed by atoms with Crippen LogP contribution in [0.4, 0.5) is 5.69 Å². The highest BCUT2D eigenvalue weighted by atomic mass is 32.2. The van der Waals surface area contributed by atoms with Crippen molar-refractivity contribution in [3.05, 3.63) is 59.2 Å². The van der Waals surface area contributed by atoms with E-state index in [0.29, 0.717) is 19.6 Å². The first-order valence-electron chi connectivity index (χ1n) is 8.82. The highest BCUT2D eigenvalue weighted by molar-refractivity contribution is 8.14. The predicted octanol–water partition coefficient (Wildman–Crippen LogP) is 4.64. The zero-order chi connectivity index (χ0) is 18.5. The number of hydrogen-bond acceptors (Lipinski definition) is 4. The minimum absolute atomic E-state index is 0.0626. The van der Waals surface area contributed by atoms with E-state index < -0.39 is 0 Å². The fraction of sp³-hybridized carbons (Fsp3) is 0.333. The van der Waals surface area contributed by atoms with Gasteiger partial charge in [0.1, 0.15) is 5.75 Å². The third kappa shape index (κ3) is 4.47. The molecule has 0 aliphatic carbocycles. The lowest BCUT2D eigenvalue weighted by Gasteiger charge is -2.17. The number of hydrogen-bond donors (Lipinski definition) is 0. The third-order valence-electron chi connectivity index (χ3n) is 4.33. The quantitative estimate of drug-likeness (QED) is 0.772. The molecule has 0 radical (unpaired) electrons. The maximum absolute atomic E-state index is 12.6. The lowest BCUT2D eigenvalue weighted by Crippen LogP contribution is -2.32. The molecule has 3 rings (SSSR count). The summed E-state index contributed by atoms with van der Waals surface area (Å²) >= 11 is 1.63. The molecule has 0 atom stereocenters. The van der Waals surface area contributed by atoms with Crippen LogP contribution < -0.4 is 4.74 Å². The number of amides is 1. The summed E-state index contributed by atoms with van der Waals surface area (Å²) in [6, 6.07) is 14.1. The normalized spacial score (nSPS) is 15.5. The molecule has 1 heterocycles. The van der Waals surface area contributed by atoms with Crippen LogP contribution in [0.25, 0.3) is 0 Å². The van der Waals surface area contributed by atoms with Gasteiger partial charge >= 0.3 is 0 Å². The third-order valence-corrected chi connectivity index (χ3v) is 5.28. The molecule has 136 valence electrons. The van der Waals surface area contributed by atoms with Crippen molar-refractivity contribution in [3.8, 4) is 5.75 Å². The fourth-order valence-corrected chi connectivity index (χ4v) is 3.73. The van der Waals surface area contributed by atoms with Crippen LogP contribution in [0.3, 0.4) is 0 Å². The summed E-state index contributed by atoms with van der Waals surface area (Å²) < 4.78 is 5.83. The van der Waals surface area contributed by atoms with Crippen LogP contribution in [-0.4, -0.2) is 34.9 Å². The van der Waals surface area contributed by atoms with Gasteiger partial charge in [-0.25, -0.2) is 4.99 Å². The summed E-state index contributed by atoms with van der Waals surface area (Å²) in [5.41, 5.74) is 4.27. The maximum atomic E-state index is 12.6. The van der Waals surface area contributed by atoms with E-state index in [1.165, 1.54) is 0 Å². The first kappa shape index (κ1) is 18.5. The van der Waals surface area contributed by atoms with Gasteiger partial charge in [0, 0.05) is 12.3 Å². The number of aryl methyl sites for hydroxylation is 3. The molecule has 0 unspecified atom stereocenters. The standard InChI is InChI=1S/C21H24N2O2S/c1-15-8-9-17(3)19(14-15)25-12-10-20(24)23-11-13-26-21(23)22-18-7-5-4-6-16(18)2/h4-9,14H,10-13H2,1-3H3. The van der Waals surface area contributed by atoms with E-state index in [9.17, 15) is 4.79 Å². The molecule has 1 aliphatic heterocycles. The number of thioether (sulfide) groups is 1. The largest absolute Gasteiger partial charge is 0.493 e. The van der Waals surface area contributed by atoms with Gasteiger partial charge in [0.15, 0.2) is 5.17 Å². The number of aliphatic imine (C=N–C) groups is 1. The zero-order valence-corrected chi connectivity index (χ0v) is 16.3. The number of carbonyl (C=O) groups is 1. The first-order valence-corrected chi connectivity index (χ1v) is 9.80. The predicted molar refractivity (Wildman–Crippen MR) is 108 cm³/mol. The Kier molecular flexibility index (Phi) is 5.99. The number of carbonyl (C=O) groups excluding carboxylic acids is 1. The van der Waals surface area contributed by atoms with Gasteiger partial charge in [0.25, 0.3) is 0 Å². The number of amidine groups is 1. The highest BCUT2D eigenvalue weighted by Crippen LogP contribution is 2.25. The molecule has 1 amide bonds. The average Bonchev–Trinajstić information content (AvgIpc) is 3.08. The second-order valence-electron chi connectivity index (χ2n) is 6.44. The SMILES string of the molecule is Cc1ccc(C)c(OCCC(=O)N2CCSC2=Nc2ccccc2C)c1. The van der Waals surface area contributed by atoms with Crippen LogP contribution in [-0.2, 0) is 4.79 Å². The average molecular weight is 369 g/mol. The van der Waals surface area contributed by atoms with Crippen molar-refractivity contribution in [1.29, 1.82) is 0 Å². The minimum Gasteiger partial charge on any atom is -0.493 e. The number of ether oxygens (including phenoxy) is 1. The van der Waals surface area contributed by atoms with E-state index in [4.69, 9.17) is 9.73 Å². The Bertz CT molecular complexity index is 833. The van der Waals surface area contributed by atoms with Crippen molar-refractivity contribution in [2.24, 2.45) is 4.99 Å². The molecular formula is C21H24N2O2S. The molecule has 1 aliphatic rings. The van der Waals surface area contributed by atoms with Gasteiger partial charge in [-0.05, 0) is 49.6 Å². The molecule has 0 N–H and O–H groups in total. The number of benzene rings is 2. The lowest BCUT2D eigenvalue weighted by atomic mass is 10.1. The molecule has 0 spiro atoms. The van der Waals surface area contributed by atoms with Gasteiger partial charge in [0.05, 0.1) is 18.7 Å². The fourth-order valence-electron chi connectivity index (χ4n) is 2.76. The smallest absolute Gasteiger partial charge is 0.232 e. The van der Waals surface area contributed by atoms with Gasteiger partial charge in [-0.3, -0.25) is 9.69 Å². The topological polar surface area (TPSA) is 41.9 Å². The molecule has 1 saturated heterocycles. The van der Waals surface area contributed by atoms with E-state index >= 15 is 0 Å². The van der Waals surface area contributed by atoms with E-state index in [-0.39, 0.29) is 5.91 Å². The Hall–Kier alpha value is -2.27. The monoisotopic (exact) mass is 368 g/mol. The van der Waals surface area contributed by atoms with Gasteiger partial charge in [-0.1, -0.05) is 42.1 Å². The Morgan fingerprint density at radius 2 is 1.96 bits per heavy atom. The summed E-state index contributed by atoms with van der Waals surface area (Å²) in [5.74, 6) is 1.80. The van der Waals surface area contributed by atoms with Gasteiger partial charge in [-0.15, -0.1) is 0 Å². The molecule has 5 heteroatoms. The Labute approximate surface area is 159 Å². The number of para-hydroxylation sites is 1. The van der Waals surface area contributed by atoms with Crippen LogP contribution in [0.2, 0.25) is 0 Å². The van der Waals surface area contributed by atoms with Crippen molar-refractivity contribution in [2.75, 3.05) is 18.9 Å². The minimum atomic E-state index is 0.0626. The first-order chi connectivity index (χ1) is 12.5. The highest BCUT2D eigenvalue weighted by Gasteiger charge is 2.25. The van der Waals surface area contributed by atoms with Crippen molar-refractivity contribution >= 4 is 28.5 Å². The van der Waals surface area contributed by atoms with Crippen LogP contribution in [0.1, 0.15) is 23.1 Å². The van der Waals surface area contributed by atoms with Crippen molar-refractivity contribution < 1.29 is 9.53 Å². The molecule has 0 aromatic heterocycles. The van der Waals surface area contributed by atoms with Gasteiger partial charge < -0.3 is 4.74 Å². The molecule has 1 fully saturated rings. The number of nitrogens with zero attached hydrogens (tertiary/aromatic N) is 2. The molecule has 2 aromatic rings. The van der Waals surface area contributed by atoms with E-state index in [1.807, 2.05) is 57.2 Å². The van der Waals surface area contributed by atoms with E-state index in [0.717, 1.165) is 39.0 Å². The molecular weight excluding hydrogens is 344 g/mol. The number of rotatable bonds is 5. The van der Waals surface area contributed by atoms with Gasteiger partial charge in [0.2, 0.25) is 5.91 Å². The zero-order valence-electron chi connectivity index (χ0n) is 15.5. The summed E-state index contributed by atoms with van der Waals surface area (Å²) in [6.07, 6.45) is 0.348. The summed E-state index contributed by atoms with van der Waals surface area (Å²) in [7, 11) is 0. The summed E-state index contributed by atoms with van der Waals surface area (Å²) in [4.78, 5) is 19.1. The van der Waals surface area contributed by atoms with Crippen molar-refractivity contribution in [2.45, 2.75) is 27.2 Å². The molecule has 2 aromatic carbocycles. The second kappa shape index (κ2) is 8.41. The van der Waals surface area contributed by atoms with Crippen LogP contribution >= 0.6 is 11.8 Å². The maximum Gasteiger partial charge on any atom is 0.232 e. The van der Waals surface area contributed by atoms with Crippen molar-refractivity contribution in [1.82, 2.24) is 4.90 Å². The van der Waals surface area contributed by atoms with E-state index in [2.05, 4.69) is 6.07 Å². The Balaban J connectivity index is 1.62. The van der Waals surface area contributed by atoms with E-state index in [1.54, 1.807) is 16.7 Å². The Morgan fingerprint density at radius 3 is 2.77 bits per heavy atom. The molecule has 26 heavy (non-hydrogen) atoms. The van der Waals surface area contributed by atoms with Crippen molar-refractivity contribution in [3.63, 3.8) is 0 Å². The van der Waals surface area contributed by atoms with Gasteiger partial charge in [-0.2, -0.15) is 0 Å². The summed E-state index contributed by atoms with van der Waals surface area (Å²) in [6.45, 7) is 7.16. The van der Waals surface area contributed by atoms with Crippen LogP contribution in [0, 0.1) is 20.8 Å². The van der Waals surface area contributed by atoms with Crippen LogP contribution in [0.15, 0.2) is 47.5 Å².